The number of aryl methyl sites for hydroxylation is 2. The molecule has 4 aromatic rings. The quantitative estimate of drug-likeness (QED) is 0.331. The van der Waals surface area contributed by atoms with E-state index in [1.165, 1.54) is 31.4 Å². The highest BCUT2D eigenvalue weighted by molar-refractivity contribution is 5.82. The van der Waals surface area contributed by atoms with Gasteiger partial charge in [0.2, 0.25) is 0 Å². The van der Waals surface area contributed by atoms with Gasteiger partial charge >= 0.3 is 0 Å². The number of hydrogen-bond donors (Lipinski definition) is 2. The Morgan fingerprint density at radius 1 is 0.917 bits per heavy atom. The molecule has 0 fully saturated rings. The number of nitrogens with two attached hydrogens (primary N) is 1. The van der Waals surface area contributed by atoms with E-state index in [9.17, 15) is 8.78 Å². The topological polar surface area (TPSA) is 86.0 Å². The summed E-state index contributed by atoms with van der Waals surface area (Å²) in [4.78, 5) is 14.0. The van der Waals surface area contributed by atoms with Gasteiger partial charge in [-0.15, -0.1) is 5.73 Å². The summed E-state index contributed by atoms with van der Waals surface area (Å²) in [6.07, 6.45) is 0. The number of benzene rings is 2. The van der Waals surface area contributed by atoms with Crippen LogP contribution in [0.25, 0.3) is 28.2 Å². The van der Waals surface area contributed by atoms with E-state index in [1.54, 1.807) is 18.2 Å². The minimum Gasteiger partial charge on any atom is -0.496 e. The van der Waals surface area contributed by atoms with Crippen LogP contribution in [0.15, 0.2) is 66.9 Å². The van der Waals surface area contributed by atoms with Crippen molar-refractivity contribution in [2.24, 2.45) is 0 Å². The van der Waals surface area contributed by atoms with E-state index >= 15 is 0 Å². The number of rotatable bonds is 7. The third-order valence-electron chi connectivity index (χ3n) is 5.51. The van der Waals surface area contributed by atoms with Crippen LogP contribution in [0.5, 0.6) is 5.75 Å². The Kier molecular flexibility index (Phi) is 7.08. The number of pyridine rings is 1. The highest BCUT2D eigenvalue weighted by Crippen LogP contribution is 2.33. The number of hydrogen-bond acceptors (Lipinski definition) is 6. The van der Waals surface area contributed by atoms with Gasteiger partial charge in [0, 0.05) is 40.7 Å². The van der Waals surface area contributed by atoms with E-state index in [0.29, 0.717) is 34.1 Å². The molecule has 0 spiro atoms. The number of nitrogen functional groups attached to an aromatic ring is 1. The first kappa shape index (κ1) is 24.6. The smallest absolute Gasteiger partial charge is 0.153 e. The molecule has 0 aliphatic rings. The predicted octanol–water partition coefficient (Wildman–Crippen LogP) is 5.61. The largest absolute Gasteiger partial charge is 0.496 e. The first-order chi connectivity index (χ1) is 17.3. The van der Waals surface area contributed by atoms with E-state index in [-0.39, 0.29) is 18.2 Å². The minimum absolute atomic E-state index is 0.144. The molecule has 0 radical (unpaired) electrons. The highest BCUT2D eigenvalue weighted by atomic mass is 19.1. The standard InChI is InChI=1S/C28H25F2N5O/c1-5-23(32-15-19-8-11-22(30)14-24(19)36-4)27-28(31)35-25(18-6-9-21(29)10-7-18)26(34-27)20-12-16(2)33-17(3)13-20/h6-14,32H,1,15H2,2-4H3,(H2,31,35). The number of halogens is 2. The molecule has 3 N–H and O–H groups in total. The molecule has 8 heteroatoms. The van der Waals surface area contributed by atoms with Crippen LogP contribution in [0.2, 0.25) is 0 Å². The van der Waals surface area contributed by atoms with E-state index in [4.69, 9.17) is 15.5 Å². The first-order valence-electron chi connectivity index (χ1n) is 11.1. The van der Waals surface area contributed by atoms with Crippen LogP contribution in [-0.2, 0) is 6.54 Å². The van der Waals surface area contributed by atoms with Gasteiger partial charge in [0.1, 0.15) is 28.8 Å². The van der Waals surface area contributed by atoms with Gasteiger partial charge < -0.3 is 15.8 Å². The van der Waals surface area contributed by atoms with Crippen LogP contribution in [0.4, 0.5) is 14.6 Å². The average molecular weight is 486 g/mol. The minimum atomic E-state index is -0.394. The number of nitrogens with zero attached hydrogens (tertiary/aromatic N) is 3. The third-order valence-corrected chi connectivity index (χ3v) is 5.51. The van der Waals surface area contributed by atoms with Gasteiger partial charge in [0.05, 0.1) is 18.5 Å². The third kappa shape index (κ3) is 5.24. The van der Waals surface area contributed by atoms with Gasteiger partial charge in [0.15, 0.2) is 5.82 Å². The molecule has 0 aliphatic heterocycles. The molecule has 6 nitrogen and oxygen atoms in total. The number of anilines is 1. The highest BCUT2D eigenvalue weighted by Gasteiger charge is 2.19. The van der Waals surface area contributed by atoms with E-state index in [1.807, 2.05) is 26.0 Å². The first-order valence-corrected chi connectivity index (χ1v) is 11.1. The lowest BCUT2D eigenvalue weighted by atomic mass is 10.0. The Bertz CT molecular complexity index is 1460. The Labute approximate surface area is 208 Å². The summed E-state index contributed by atoms with van der Waals surface area (Å²) in [5.74, 6) is -0.203. The summed E-state index contributed by atoms with van der Waals surface area (Å²) in [6, 6.07) is 14.1. The molecule has 36 heavy (non-hydrogen) atoms. The van der Waals surface area contributed by atoms with Crippen LogP contribution in [0.3, 0.4) is 0 Å². The summed E-state index contributed by atoms with van der Waals surface area (Å²) < 4.78 is 32.5. The molecule has 0 atom stereocenters. The lowest BCUT2D eigenvalue weighted by Gasteiger charge is -2.16. The monoisotopic (exact) mass is 485 g/mol. The molecule has 2 aromatic carbocycles. The normalized spacial score (nSPS) is 10.6. The van der Waals surface area contributed by atoms with Crippen molar-refractivity contribution in [1.29, 1.82) is 0 Å². The average Bonchev–Trinajstić information content (AvgIpc) is 2.85. The SMILES string of the molecule is C=C=C(NCc1ccc(F)cc1OC)c1nc(-c2cc(C)nc(C)c2)c(-c2ccc(F)cc2)nc1N. The molecular weight excluding hydrogens is 460 g/mol. The maximum Gasteiger partial charge on any atom is 0.153 e. The molecule has 0 saturated heterocycles. The fourth-order valence-corrected chi connectivity index (χ4v) is 3.89. The van der Waals surface area contributed by atoms with E-state index < -0.39 is 5.82 Å². The van der Waals surface area contributed by atoms with Gasteiger partial charge in [-0.1, -0.05) is 12.6 Å². The van der Waals surface area contributed by atoms with E-state index in [0.717, 1.165) is 22.5 Å². The molecule has 0 bridgehead atoms. The summed E-state index contributed by atoms with van der Waals surface area (Å²) in [5.41, 5.74) is 14.8. The maximum atomic E-state index is 13.6. The van der Waals surface area contributed by atoms with E-state index in [2.05, 4.69) is 27.6 Å². The zero-order chi connectivity index (χ0) is 25.8. The molecule has 4 rings (SSSR count). The van der Waals surface area contributed by atoms with Gasteiger partial charge in [-0.05, 0) is 56.3 Å². The fraction of sp³-hybridized carbons (Fsp3) is 0.143. The Balaban J connectivity index is 1.80. The molecule has 0 saturated carbocycles. The second kappa shape index (κ2) is 10.4. The number of ether oxygens (including phenoxy) is 1. The number of nitrogens with one attached hydrogen (secondary N) is 1. The van der Waals surface area contributed by atoms with Crippen molar-refractivity contribution in [1.82, 2.24) is 20.3 Å². The van der Waals surface area contributed by atoms with Crippen molar-refractivity contribution in [2.75, 3.05) is 12.8 Å². The molecule has 0 aliphatic carbocycles. The maximum absolute atomic E-state index is 13.6. The van der Waals surface area contributed by atoms with Crippen molar-refractivity contribution in [3.05, 3.63) is 101 Å². The number of aromatic nitrogens is 3. The molecule has 2 aromatic heterocycles. The van der Waals surface area contributed by atoms with Gasteiger partial charge in [-0.3, -0.25) is 4.98 Å². The lowest BCUT2D eigenvalue weighted by molar-refractivity contribution is 0.405. The van der Waals surface area contributed by atoms with Crippen LogP contribution >= 0.6 is 0 Å². The van der Waals surface area contributed by atoms with Gasteiger partial charge in [-0.25, -0.2) is 18.7 Å². The van der Waals surface area contributed by atoms with Gasteiger partial charge in [-0.2, -0.15) is 0 Å². The van der Waals surface area contributed by atoms with Crippen molar-refractivity contribution in [2.45, 2.75) is 20.4 Å². The Morgan fingerprint density at radius 3 is 2.19 bits per heavy atom. The van der Waals surface area contributed by atoms with Crippen molar-refractivity contribution in [3.63, 3.8) is 0 Å². The second-order valence-corrected chi connectivity index (χ2v) is 8.16. The zero-order valence-corrected chi connectivity index (χ0v) is 20.2. The predicted molar refractivity (Wildman–Crippen MR) is 137 cm³/mol. The lowest BCUT2D eigenvalue weighted by Crippen LogP contribution is -2.16. The van der Waals surface area contributed by atoms with Crippen LogP contribution in [-0.4, -0.2) is 22.1 Å². The fourth-order valence-electron chi connectivity index (χ4n) is 3.89. The van der Waals surface area contributed by atoms with Crippen LogP contribution in [0, 0.1) is 25.5 Å². The molecule has 0 unspecified atom stereocenters. The summed E-state index contributed by atoms with van der Waals surface area (Å²) in [6.45, 7) is 7.85. The molecule has 0 amide bonds. The molecule has 2 heterocycles. The summed E-state index contributed by atoms with van der Waals surface area (Å²) >= 11 is 0. The van der Waals surface area contributed by atoms with Crippen LogP contribution < -0.4 is 15.8 Å². The zero-order valence-electron chi connectivity index (χ0n) is 20.2. The molecular formula is C28H25F2N5O. The van der Waals surface area contributed by atoms with Crippen molar-refractivity contribution >= 4 is 11.5 Å². The number of methoxy groups -OCH3 is 1. The summed E-state index contributed by atoms with van der Waals surface area (Å²) in [7, 11) is 1.48. The second-order valence-electron chi connectivity index (χ2n) is 8.16. The summed E-state index contributed by atoms with van der Waals surface area (Å²) in [5, 5.41) is 3.20. The Hall–Kier alpha value is -4.55. The molecule has 182 valence electrons. The van der Waals surface area contributed by atoms with Crippen LogP contribution in [0.1, 0.15) is 22.6 Å². The van der Waals surface area contributed by atoms with Crippen molar-refractivity contribution in [3.8, 4) is 28.3 Å². The Morgan fingerprint density at radius 2 is 1.56 bits per heavy atom. The van der Waals surface area contributed by atoms with Crippen molar-refractivity contribution < 1.29 is 13.5 Å². The van der Waals surface area contributed by atoms with Gasteiger partial charge in [0.25, 0.3) is 0 Å².